The molecule has 2 aromatic rings. The number of rotatable bonds is 4. The molecule has 20 heavy (non-hydrogen) atoms. The van der Waals surface area contributed by atoms with Crippen LogP contribution in [0.4, 0.5) is 0 Å². The fraction of sp³-hybridized carbons (Fsp3) is 0.600. The summed E-state index contributed by atoms with van der Waals surface area (Å²) in [5.41, 5.74) is 5.95. The van der Waals surface area contributed by atoms with E-state index in [2.05, 4.69) is 28.5 Å². The highest BCUT2D eigenvalue weighted by Crippen LogP contribution is 2.40. The lowest BCUT2D eigenvalue weighted by Crippen LogP contribution is -2.39. The van der Waals surface area contributed by atoms with Crippen LogP contribution in [0.15, 0.2) is 22.0 Å². The first-order valence-corrected chi connectivity index (χ1v) is 8.15. The van der Waals surface area contributed by atoms with Crippen LogP contribution in [0.2, 0.25) is 0 Å². The van der Waals surface area contributed by atoms with Crippen LogP contribution in [0, 0.1) is 5.92 Å². The quantitative estimate of drug-likeness (QED) is 0.940. The van der Waals surface area contributed by atoms with Gasteiger partial charge in [0.25, 0.3) is 0 Å². The van der Waals surface area contributed by atoms with Gasteiger partial charge in [-0.3, -0.25) is 0 Å². The van der Waals surface area contributed by atoms with Gasteiger partial charge >= 0.3 is 0 Å². The number of nitrogens with zero attached hydrogens (tertiary/aromatic N) is 2. The van der Waals surface area contributed by atoms with Gasteiger partial charge in [-0.15, -0.1) is 11.3 Å². The van der Waals surface area contributed by atoms with Crippen LogP contribution in [0.1, 0.15) is 49.2 Å². The molecule has 2 heterocycles. The summed E-state index contributed by atoms with van der Waals surface area (Å²) in [6.07, 6.45) is 5.26. The molecule has 1 aliphatic carbocycles. The molecule has 0 bridgehead atoms. The predicted molar refractivity (Wildman–Crippen MR) is 79.8 cm³/mol. The molecule has 4 nitrogen and oxygen atoms in total. The Morgan fingerprint density at radius 3 is 2.90 bits per heavy atom. The molecule has 2 N–H and O–H groups in total. The summed E-state index contributed by atoms with van der Waals surface area (Å²) in [6, 6.07) is 4.15. The fourth-order valence-electron chi connectivity index (χ4n) is 2.93. The maximum absolute atomic E-state index is 6.04. The summed E-state index contributed by atoms with van der Waals surface area (Å²) >= 11 is 1.72. The first kappa shape index (κ1) is 13.8. The molecular formula is C15H21N3OS. The van der Waals surface area contributed by atoms with Crippen LogP contribution in [0.25, 0.3) is 0 Å². The molecular weight excluding hydrogens is 270 g/mol. The SMILES string of the molecule is CC1CCC(CN)(c2nc(Cc3cccs3)no2)CC1. The normalized spacial score (nSPS) is 26.8. The second-order valence-electron chi connectivity index (χ2n) is 5.94. The van der Waals surface area contributed by atoms with Crippen molar-refractivity contribution < 1.29 is 4.52 Å². The van der Waals surface area contributed by atoms with Crippen LogP contribution in [-0.2, 0) is 11.8 Å². The van der Waals surface area contributed by atoms with E-state index in [1.165, 1.54) is 17.7 Å². The summed E-state index contributed by atoms with van der Waals surface area (Å²) in [4.78, 5) is 5.89. The number of nitrogens with two attached hydrogens (primary N) is 1. The van der Waals surface area contributed by atoms with Crippen LogP contribution in [-0.4, -0.2) is 16.7 Å². The smallest absolute Gasteiger partial charge is 0.234 e. The van der Waals surface area contributed by atoms with Crippen molar-refractivity contribution in [2.75, 3.05) is 6.54 Å². The molecule has 108 valence electrons. The van der Waals surface area contributed by atoms with E-state index in [1.54, 1.807) is 11.3 Å². The average Bonchev–Trinajstić information content (AvgIpc) is 3.13. The second-order valence-corrected chi connectivity index (χ2v) is 6.97. The van der Waals surface area contributed by atoms with Gasteiger partial charge in [-0.05, 0) is 43.0 Å². The molecule has 0 aromatic carbocycles. The van der Waals surface area contributed by atoms with Gasteiger partial charge in [0.2, 0.25) is 5.89 Å². The van der Waals surface area contributed by atoms with E-state index in [0.717, 1.165) is 36.9 Å². The van der Waals surface area contributed by atoms with Gasteiger partial charge in [0.15, 0.2) is 5.82 Å². The number of thiophene rings is 1. The summed E-state index contributed by atoms with van der Waals surface area (Å²) in [5, 5.41) is 6.21. The summed E-state index contributed by atoms with van der Waals surface area (Å²) in [7, 11) is 0. The second kappa shape index (κ2) is 5.66. The van der Waals surface area contributed by atoms with E-state index in [1.807, 2.05) is 6.07 Å². The Balaban J connectivity index is 1.77. The van der Waals surface area contributed by atoms with Gasteiger partial charge in [-0.2, -0.15) is 4.98 Å². The molecule has 0 amide bonds. The Morgan fingerprint density at radius 2 is 2.25 bits per heavy atom. The molecule has 3 rings (SSSR count). The Bertz CT molecular complexity index is 541. The lowest BCUT2D eigenvalue weighted by Gasteiger charge is -2.35. The lowest BCUT2D eigenvalue weighted by atomic mass is 9.71. The molecule has 0 radical (unpaired) electrons. The zero-order chi connectivity index (χ0) is 14.0. The molecule has 2 aromatic heterocycles. The van der Waals surface area contributed by atoms with Crippen molar-refractivity contribution in [3.8, 4) is 0 Å². The zero-order valence-electron chi connectivity index (χ0n) is 11.8. The van der Waals surface area contributed by atoms with Gasteiger partial charge in [0, 0.05) is 17.8 Å². The molecule has 0 atom stereocenters. The van der Waals surface area contributed by atoms with Crippen molar-refractivity contribution >= 4 is 11.3 Å². The third kappa shape index (κ3) is 2.65. The first-order chi connectivity index (χ1) is 9.72. The summed E-state index contributed by atoms with van der Waals surface area (Å²) < 4.78 is 5.55. The highest BCUT2D eigenvalue weighted by atomic mass is 32.1. The van der Waals surface area contributed by atoms with Crippen LogP contribution >= 0.6 is 11.3 Å². The third-order valence-corrected chi connectivity index (χ3v) is 5.33. The first-order valence-electron chi connectivity index (χ1n) is 7.27. The van der Waals surface area contributed by atoms with Crippen molar-refractivity contribution in [1.29, 1.82) is 0 Å². The molecule has 0 aliphatic heterocycles. The molecule has 0 spiro atoms. The maximum Gasteiger partial charge on any atom is 0.234 e. The number of aromatic nitrogens is 2. The van der Waals surface area contributed by atoms with Crippen molar-refractivity contribution in [3.63, 3.8) is 0 Å². The summed E-state index contributed by atoms with van der Waals surface area (Å²) in [6.45, 7) is 2.90. The van der Waals surface area contributed by atoms with Gasteiger partial charge < -0.3 is 10.3 Å². The number of hydrogen-bond donors (Lipinski definition) is 1. The molecule has 5 heteroatoms. The Morgan fingerprint density at radius 1 is 1.45 bits per heavy atom. The lowest BCUT2D eigenvalue weighted by molar-refractivity contribution is 0.191. The van der Waals surface area contributed by atoms with E-state index in [9.17, 15) is 0 Å². The van der Waals surface area contributed by atoms with Crippen molar-refractivity contribution in [1.82, 2.24) is 10.1 Å². The van der Waals surface area contributed by atoms with Gasteiger partial charge in [-0.25, -0.2) is 0 Å². The standard InChI is InChI=1S/C15H21N3OS/c1-11-4-6-15(10-16,7-5-11)14-17-13(18-19-14)9-12-3-2-8-20-12/h2-3,8,11H,4-7,9-10,16H2,1H3. The molecule has 0 saturated heterocycles. The molecule has 1 saturated carbocycles. The minimum absolute atomic E-state index is 0.0901. The minimum atomic E-state index is -0.0901. The summed E-state index contributed by atoms with van der Waals surface area (Å²) in [5.74, 6) is 2.30. The Hall–Kier alpha value is -1.20. The topological polar surface area (TPSA) is 64.9 Å². The van der Waals surface area contributed by atoms with Crippen molar-refractivity contribution in [2.45, 2.75) is 44.4 Å². The van der Waals surface area contributed by atoms with Crippen molar-refractivity contribution in [3.05, 3.63) is 34.1 Å². The third-order valence-electron chi connectivity index (χ3n) is 4.46. The van der Waals surface area contributed by atoms with Gasteiger partial charge in [0.1, 0.15) is 0 Å². The maximum atomic E-state index is 6.04. The highest BCUT2D eigenvalue weighted by molar-refractivity contribution is 7.09. The Labute approximate surface area is 123 Å². The van der Waals surface area contributed by atoms with E-state index in [4.69, 9.17) is 10.3 Å². The minimum Gasteiger partial charge on any atom is -0.339 e. The monoisotopic (exact) mass is 291 g/mol. The molecule has 1 aliphatic rings. The average molecular weight is 291 g/mol. The molecule has 1 fully saturated rings. The highest BCUT2D eigenvalue weighted by Gasteiger charge is 2.39. The molecule has 0 unspecified atom stereocenters. The fourth-order valence-corrected chi connectivity index (χ4v) is 3.63. The van der Waals surface area contributed by atoms with E-state index < -0.39 is 0 Å². The predicted octanol–water partition coefficient (Wildman–Crippen LogP) is 3.13. The zero-order valence-corrected chi connectivity index (χ0v) is 12.7. The van der Waals surface area contributed by atoms with Crippen molar-refractivity contribution in [2.24, 2.45) is 11.7 Å². The van der Waals surface area contributed by atoms with Crippen LogP contribution in [0.3, 0.4) is 0 Å². The Kier molecular flexibility index (Phi) is 3.89. The van der Waals surface area contributed by atoms with E-state index >= 15 is 0 Å². The van der Waals surface area contributed by atoms with Gasteiger partial charge in [-0.1, -0.05) is 18.1 Å². The van der Waals surface area contributed by atoms with Crippen LogP contribution < -0.4 is 5.73 Å². The van der Waals surface area contributed by atoms with E-state index in [-0.39, 0.29) is 5.41 Å². The van der Waals surface area contributed by atoms with Gasteiger partial charge in [0.05, 0.1) is 5.41 Å². The van der Waals surface area contributed by atoms with E-state index in [0.29, 0.717) is 6.54 Å². The number of hydrogen-bond acceptors (Lipinski definition) is 5. The van der Waals surface area contributed by atoms with Crippen LogP contribution in [0.5, 0.6) is 0 Å². The largest absolute Gasteiger partial charge is 0.339 e.